The molecular weight excluding hydrogens is 511 g/mol. The third-order valence-electron chi connectivity index (χ3n) is 5.26. The van der Waals surface area contributed by atoms with Crippen LogP contribution in [0.15, 0.2) is 58.0 Å². The number of aromatic nitrogens is 1. The van der Waals surface area contributed by atoms with Gasteiger partial charge in [-0.1, -0.05) is 46.7 Å². The molecule has 1 aliphatic rings. The highest BCUT2D eigenvalue weighted by Crippen LogP contribution is 2.35. The molecule has 1 atom stereocenters. The average Bonchev–Trinajstić information content (AvgIpc) is 3.16. The van der Waals surface area contributed by atoms with Gasteiger partial charge in [-0.3, -0.25) is 9.36 Å². The zero-order valence-electron chi connectivity index (χ0n) is 19.2. The zero-order valence-corrected chi connectivity index (χ0v) is 21.5. The summed E-state index contributed by atoms with van der Waals surface area (Å²) in [6.45, 7) is 4.64. The van der Waals surface area contributed by atoms with Crippen LogP contribution in [0.3, 0.4) is 0 Å². The fourth-order valence-electron chi connectivity index (χ4n) is 3.75. The van der Waals surface area contributed by atoms with Crippen molar-refractivity contribution in [2.75, 3.05) is 20.3 Å². The van der Waals surface area contributed by atoms with E-state index in [-0.39, 0.29) is 11.1 Å². The van der Waals surface area contributed by atoms with Crippen molar-refractivity contribution in [3.63, 3.8) is 0 Å². The Bertz CT molecular complexity index is 1490. The van der Waals surface area contributed by atoms with Crippen LogP contribution in [0.2, 0.25) is 10.0 Å². The lowest BCUT2D eigenvalue weighted by molar-refractivity contribution is -0.136. The Morgan fingerprint density at radius 2 is 1.86 bits per heavy atom. The Kier molecular flexibility index (Phi) is 7.64. The molecule has 0 fully saturated rings. The van der Waals surface area contributed by atoms with E-state index in [2.05, 4.69) is 4.99 Å². The lowest BCUT2D eigenvalue weighted by Crippen LogP contribution is -2.39. The number of carbonyl (C=O) groups is 1. The van der Waals surface area contributed by atoms with Crippen LogP contribution in [-0.4, -0.2) is 30.9 Å². The number of thiazole rings is 1. The number of halogens is 2. The molecule has 0 radical (unpaired) electrons. The first-order valence-corrected chi connectivity index (χ1v) is 12.4. The molecule has 4 rings (SSSR count). The van der Waals surface area contributed by atoms with Crippen molar-refractivity contribution in [3.8, 4) is 11.5 Å². The molecule has 1 aromatic heterocycles. The summed E-state index contributed by atoms with van der Waals surface area (Å²) in [5.41, 5.74) is 1.21. The van der Waals surface area contributed by atoms with Crippen molar-refractivity contribution < 1.29 is 19.0 Å². The maximum atomic E-state index is 13.6. The highest BCUT2D eigenvalue weighted by atomic mass is 35.5. The van der Waals surface area contributed by atoms with Gasteiger partial charge in [-0.05, 0) is 55.3 Å². The first kappa shape index (κ1) is 25.0. The smallest absolute Gasteiger partial charge is 0.337 e. The molecule has 35 heavy (non-hydrogen) atoms. The summed E-state index contributed by atoms with van der Waals surface area (Å²) in [7, 11) is 1.29. The van der Waals surface area contributed by atoms with Crippen LogP contribution in [0.1, 0.15) is 31.0 Å². The van der Waals surface area contributed by atoms with Gasteiger partial charge < -0.3 is 14.2 Å². The molecule has 0 saturated carbocycles. The van der Waals surface area contributed by atoms with E-state index in [1.165, 1.54) is 29.2 Å². The highest BCUT2D eigenvalue weighted by Gasteiger charge is 2.31. The Hall–Kier alpha value is -3.07. The Balaban J connectivity index is 1.91. The van der Waals surface area contributed by atoms with Crippen molar-refractivity contribution in [1.29, 1.82) is 0 Å². The lowest BCUT2D eigenvalue weighted by atomic mass is 9.97. The Morgan fingerprint density at radius 1 is 1.11 bits per heavy atom. The minimum atomic E-state index is -0.767. The number of hydrogen-bond donors (Lipinski definition) is 0. The van der Waals surface area contributed by atoms with Crippen LogP contribution in [-0.2, 0) is 9.53 Å². The van der Waals surface area contributed by atoms with Gasteiger partial charge in [0.1, 0.15) is 0 Å². The summed E-state index contributed by atoms with van der Waals surface area (Å²) in [4.78, 5) is 31.1. The van der Waals surface area contributed by atoms with Gasteiger partial charge in [-0.15, -0.1) is 0 Å². The van der Waals surface area contributed by atoms with Crippen molar-refractivity contribution in [2.24, 2.45) is 4.99 Å². The van der Waals surface area contributed by atoms with E-state index in [9.17, 15) is 9.59 Å². The summed E-state index contributed by atoms with van der Waals surface area (Å²) in [6.07, 6.45) is 3.13. The second kappa shape index (κ2) is 10.7. The minimum Gasteiger partial charge on any atom is -0.490 e. The second-order valence-electron chi connectivity index (χ2n) is 7.41. The number of benzene rings is 2. The Morgan fingerprint density at radius 3 is 2.54 bits per heavy atom. The van der Waals surface area contributed by atoms with Gasteiger partial charge >= 0.3 is 5.97 Å². The predicted octanol–water partition coefficient (Wildman–Crippen LogP) is 4.12. The molecule has 0 amide bonds. The van der Waals surface area contributed by atoms with E-state index in [4.69, 9.17) is 37.4 Å². The van der Waals surface area contributed by atoms with Gasteiger partial charge in [0, 0.05) is 16.2 Å². The van der Waals surface area contributed by atoms with Gasteiger partial charge in [-0.25, -0.2) is 9.79 Å². The fraction of sp³-hybridized carbons (Fsp3) is 0.240. The van der Waals surface area contributed by atoms with Crippen LogP contribution in [0.5, 0.6) is 11.5 Å². The standard InChI is InChI=1S/C25H22Cl2N2O5S/c1-4-33-19-9-7-15(10-20(19)34-5-2)22-17(24(31)32-3)13-28-25-29(22)23(30)21(35-25)11-14-6-8-16(26)12-18(14)27/h6-13,22H,4-5H2,1-3H3/b21-11-/t22-/m0/s1. The number of ether oxygens (including phenoxy) is 3. The van der Waals surface area contributed by atoms with E-state index < -0.39 is 12.0 Å². The van der Waals surface area contributed by atoms with Gasteiger partial charge in [0.25, 0.3) is 5.56 Å². The van der Waals surface area contributed by atoms with E-state index in [1.54, 1.807) is 42.5 Å². The van der Waals surface area contributed by atoms with Gasteiger partial charge in [0.15, 0.2) is 16.3 Å². The Labute approximate surface area is 215 Å². The number of hydrogen-bond acceptors (Lipinski definition) is 7. The quantitative estimate of drug-likeness (QED) is 0.427. The first-order valence-electron chi connectivity index (χ1n) is 10.8. The molecule has 0 unspecified atom stereocenters. The van der Waals surface area contributed by atoms with E-state index in [0.717, 1.165) is 0 Å². The molecule has 10 heteroatoms. The van der Waals surface area contributed by atoms with Gasteiger partial charge in [0.05, 0.1) is 36.5 Å². The summed E-state index contributed by atoms with van der Waals surface area (Å²) >= 11 is 13.5. The van der Waals surface area contributed by atoms with Crippen LogP contribution >= 0.6 is 34.5 Å². The maximum absolute atomic E-state index is 13.6. The topological polar surface area (TPSA) is 79.1 Å². The molecule has 182 valence electrons. The van der Waals surface area contributed by atoms with Crippen molar-refractivity contribution in [3.05, 3.63) is 89.0 Å². The van der Waals surface area contributed by atoms with Crippen LogP contribution < -0.4 is 24.4 Å². The predicted molar refractivity (Wildman–Crippen MR) is 136 cm³/mol. The average molecular weight is 533 g/mol. The van der Waals surface area contributed by atoms with Gasteiger partial charge in [-0.2, -0.15) is 0 Å². The second-order valence-corrected chi connectivity index (χ2v) is 9.27. The molecule has 2 aromatic carbocycles. The van der Waals surface area contributed by atoms with Crippen molar-refractivity contribution in [1.82, 2.24) is 4.57 Å². The summed E-state index contributed by atoms with van der Waals surface area (Å²) in [6, 6.07) is 9.62. The van der Waals surface area contributed by atoms with Gasteiger partial charge in [0.2, 0.25) is 0 Å². The van der Waals surface area contributed by atoms with Crippen LogP contribution in [0.25, 0.3) is 6.08 Å². The van der Waals surface area contributed by atoms with E-state index in [0.29, 0.717) is 55.2 Å². The molecule has 1 aliphatic heterocycles. The summed E-state index contributed by atoms with van der Waals surface area (Å²) < 4.78 is 18.3. The molecule has 0 saturated heterocycles. The lowest BCUT2D eigenvalue weighted by Gasteiger charge is -2.23. The molecule has 2 heterocycles. The summed E-state index contributed by atoms with van der Waals surface area (Å²) in [5, 5.41) is 0.917. The number of esters is 1. The van der Waals surface area contributed by atoms with Crippen molar-refractivity contribution >= 4 is 46.6 Å². The summed E-state index contributed by atoms with van der Waals surface area (Å²) in [5.74, 6) is 0.509. The molecule has 0 aliphatic carbocycles. The zero-order chi connectivity index (χ0) is 25.1. The molecular formula is C25H22Cl2N2O5S. The molecule has 0 N–H and O–H groups in total. The number of rotatable bonds is 7. The molecule has 0 bridgehead atoms. The minimum absolute atomic E-state index is 0.225. The number of carbonyl (C=O) groups excluding carboxylic acids is 1. The fourth-order valence-corrected chi connectivity index (χ4v) is 5.17. The third kappa shape index (κ3) is 5.00. The van der Waals surface area contributed by atoms with Crippen LogP contribution in [0, 0.1) is 0 Å². The highest BCUT2D eigenvalue weighted by molar-refractivity contribution is 7.07. The van der Waals surface area contributed by atoms with Crippen molar-refractivity contribution in [2.45, 2.75) is 19.9 Å². The third-order valence-corrected chi connectivity index (χ3v) is 6.82. The van der Waals surface area contributed by atoms with E-state index in [1.807, 2.05) is 13.8 Å². The SMILES string of the molecule is CCOc1ccc([C@H]2C(C(=O)OC)=CN=c3s/c(=C\c4ccc(Cl)cc4Cl)c(=O)n32)cc1OCC. The molecule has 0 spiro atoms. The number of methoxy groups -OCH3 is 1. The molecule has 3 aromatic rings. The first-order chi connectivity index (χ1) is 16.9. The largest absolute Gasteiger partial charge is 0.490 e. The van der Waals surface area contributed by atoms with E-state index >= 15 is 0 Å². The van der Waals surface area contributed by atoms with Crippen LogP contribution in [0.4, 0.5) is 0 Å². The number of nitrogens with zero attached hydrogens (tertiary/aromatic N) is 2. The number of fused-ring (bicyclic) bond motifs is 1. The molecule has 7 nitrogen and oxygen atoms in total. The monoisotopic (exact) mass is 532 g/mol. The maximum Gasteiger partial charge on any atom is 0.337 e. The normalized spacial score (nSPS) is 15.2.